The Balaban J connectivity index is 3.33. The van der Waals surface area contributed by atoms with E-state index in [-0.39, 0.29) is 12.3 Å². The Kier molecular flexibility index (Phi) is 3.53. The van der Waals surface area contributed by atoms with Crippen LogP contribution in [0.1, 0.15) is 22.8 Å². The predicted octanol–water partition coefficient (Wildman–Crippen LogP) is 1.76. The summed E-state index contributed by atoms with van der Waals surface area (Å²) in [5.74, 6) is 0.0750. The molecule has 0 aromatic heterocycles. The molecule has 0 fully saturated rings. The monoisotopic (exact) mass is 259 g/mol. The molecule has 1 aromatic rings. The maximum Gasteiger partial charge on any atom is 0.135 e. The second-order valence-corrected chi connectivity index (χ2v) is 4.11. The van der Waals surface area contributed by atoms with Crippen molar-refractivity contribution < 1.29 is 10.2 Å². The number of hydrogen-bond donors (Lipinski definition) is 3. The van der Waals surface area contributed by atoms with Crippen molar-refractivity contribution in [3.63, 3.8) is 0 Å². The average molecular weight is 260 g/mol. The number of rotatable bonds is 2. The first-order chi connectivity index (χ1) is 6.49. The van der Waals surface area contributed by atoms with Gasteiger partial charge in [-0.15, -0.1) is 0 Å². The largest absolute Gasteiger partial charge is 0.506 e. The summed E-state index contributed by atoms with van der Waals surface area (Å²) < 4.78 is 0.625. The molecule has 0 amide bonds. The van der Waals surface area contributed by atoms with E-state index in [4.69, 9.17) is 5.73 Å². The van der Waals surface area contributed by atoms with Gasteiger partial charge in [0.2, 0.25) is 0 Å². The smallest absolute Gasteiger partial charge is 0.135 e. The maximum absolute atomic E-state index is 9.74. The molecule has 0 saturated carbocycles. The molecule has 0 spiro atoms. The molecule has 1 aromatic carbocycles. The predicted molar refractivity (Wildman–Crippen MR) is 59.3 cm³/mol. The van der Waals surface area contributed by atoms with Crippen LogP contribution in [0.3, 0.4) is 0 Å². The fourth-order valence-corrected chi connectivity index (χ4v) is 1.81. The molecule has 4 heteroatoms. The molecule has 0 bridgehead atoms. The first-order valence-corrected chi connectivity index (χ1v) is 5.15. The van der Waals surface area contributed by atoms with E-state index in [0.29, 0.717) is 10.0 Å². The van der Waals surface area contributed by atoms with Crippen molar-refractivity contribution in [3.05, 3.63) is 27.2 Å². The van der Waals surface area contributed by atoms with Gasteiger partial charge < -0.3 is 15.9 Å². The number of benzene rings is 1. The average Bonchev–Trinajstić information content (AvgIpc) is 2.19. The fraction of sp³-hybridized carbons (Fsp3) is 0.400. The Morgan fingerprint density at radius 1 is 1.50 bits per heavy atom. The molecule has 14 heavy (non-hydrogen) atoms. The molecule has 3 nitrogen and oxygen atoms in total. The first-order valence-electron chi connectivity index (χ1n) is 4.35. The van der Waals surface area contributed by atoms with E-state index in [1.807, 2.05) is 13.8 Å². The standard InChI is InChI=1S/C10H14BrNO2/c1-5-3-7(8(13)4-12)10(14)9(11)6(5)2/h3,8,13-14H,4,12H2,1-2H3. The highest BCUT2D eigenvalue weighted by Gasteiger charge is 2.16. The Hall–Kier alpha value is -0.580. The van der Waals surface area contributed by atoms with Crippen LogP contribution in [0.15, 0.2) is 10.5 Å². The van der Waals surface area contributed by atoms with Crippen molar-refractivity contribution in [1.29, 1.82) is 0 Å². The van der Waals surface area contributed by atoms with E-state index in [1.165, 1.54) is 0 Å². The Labute approximate surface area is 91.7 Å². The van der Waals surface area contributed by atoms with Crippen LogP contribution in [0.2, 0.25) is 0 Å². The van der Waals surface area contributed by atoms with Gasteiger partial charge in [-0.1, -0.05) is 0 Å². The number of hydrogen-bond acceptors (Lipinski definition) is 3. The minimum Gasteiger partial charge on any atom is -0.506 e. The number of aryl methyl sites for hydroxylation is 1. The van der Waals surface area contributed by atoms with Crippen LogP contribution in [0.5, 0.6) is 5.75 Å². The van der Waals surface area contributed by atoms with Crippen molar-refractivity contribution >= 4 is 15.9 Å². The number of aliphatic hydroxyl groups excluding tert-OH is 1. The molecule has 4 N–H and O–H groups in total. The zero-order chi connectivity index (χ0) is 10.9. The van der Waals surface area contributed by atoms with Crippen LogP contribution < -0.4 is 5.73 Å². The van der Waals surface area contributed by atoms with E-state index in [9.17, 15) is 10.2 Å². The molecule has 0 heterocycles. The van der Waals surface area contributed by atoms with Gasteiger partial charge in [0, 0.05) is 12.1 Å². The molecule has 0 radical (unpaired) electrons. The van der Waals surface area contributed by atoms with Crippen LogP contribution in [0, 0.1) is 13.8 Å². The van der Waals surface area contributed by atoms with E-state index in [0.717, 1.165) is 11.1 Å². The van der Waals surface area contributed by atoms with Crippen molar-refractivity contribution in [2.45, 2.75) is 20.0 Å². The minimum absolute atomic E-state index is 0.0750. The van der Waals surface area contributed by atoms with Gasteiger partial charge >= 0.3 is 0 Å². The lowest BCUT2D eigenvalue weighted by Gasteiger charge is -2.14. The van der Waals surface area contributed by atoms with Crippen molar-refractivity contribution in [1.82, 2.24) is 0 Å². The van der Waals surface area contributed by atoms with Gasteiger partial charge in [0.15, 0.2) is 0 Å². The summed E-state index contributed by atoms with van der Waals surface area (Å²) in [4.78, 5) is 0. The zero-order valence-electron chi connectivity index (χ0n) is 8.21. The van der Waals surface area contributed by atoms with Crippen LogP contribution >= 0.6 is 15.9 Å². The van der Waals surface area contributed by atoms with Crippen LogP contribution in [-0.2, 0) is 0 Å². The quantitative estimate of drug-likeness (QED) is 0.759. The van der Waals surface area contributed by atoms with Crippen LogP contribution in [0.4, 0.5) is 0 Å². The van der Waals surface area contributed by atoms with Crippen molar-refractivity contribution in [2.75, 3.05) is 6.54 Å². The van der Waals surface area contributed by atoms with Crippen LogP contribution in [-0.4, -0.2) is 16.8 Å². The summed E-state index contributed by atoms with van der Waals surface area (Å²) in [5.41, 5.74) is 7.79. The lowest BCUT2D eigenvalue weighted by Crippen LogP contribution is -2.12. The maximum atomic E-state index is 9.74. The second kappa shape index (κ2) is 4.29. The topological polar surface area (TPSA) is 66.5 Å². The molecule has 1 unspecified atom stereocenters. The zero-order valence-corrected chi connectivity index (χ0v) is 9.80. The third-order valence-corrected chi connectivity index (χ3v) is 3.33. The van der Waals surface area contributed by atoms with Gasteiger partial charge in [-0.2, -0.15) is 0 Å². The third-order valence-electron chi connectivity index (χ3n) is 2.36. The number of nitrogens with two attached hydrogens (primary N) is 1. The Bertz CT molecular complexity index is 352. The van der Waals surface area contributed by atoms with Crippen molar-refractivity contribution in [2.24, 2.45) is 5.73 Å². The lowest BCUT2D eigenvalue weighted by atomic mass is 10.0. The normalized spacial score (nSPS) is 12.9. The molecule has 1 rings (SSSR count). The van der Waals surface area contributed by atoms with Gasteiger partial charge in [-0.25, -0.2) is 0 Å². The fourth-order valence-electron chi connectivity index (χ4n) is 1.27. The number of halogens is 1. The molecular formula is C10H14BrNO2. The minimum atomic E-state index is -0.814. The number of aliphatic hydroxyl groups is 1. The van der Waals surface area contributed by atoms with E-state index in [1.54, 1.807) is 6.07 Å². The SMILES string of the molecule is Cc1cc(C(O)CN)c(O)c(Br)c1C. The summed E-state index contributed by atoms with van der Waals surface area (Å²) in [6.07, 6.45) is -0.814. The van der Waals surface area contributed by atoms with E-state index >= 15 is 0 Å². The summed E-state index contributed by atoms with van der Waals surface area (Å²) in [7, 11) is 0. The Morgan fingerprint density at radius 2 is 2.07 bits per heavy atom. The summed E-state index contributed by atoms with van der Waals surface area (Å²) in [5, 5.41) is 19.3. The highest BCUT2D eigenvalue weighted by molar-refractivity contribution is 9.10. The molecule has 0 aliphatic carbocycles. The Morgan fingerprint density at radius 3 is 2.57 bits per heavy atom. The number of aromatic hydroxyl groups is 1. The summed E-state index contributed by atoms with van der Waals surface area (Å²) in [6, 6.07) is 1.76. The van der Waals surface area contributed by atoms with Crippen LogP contribution in [0.25, 0.3) is 0 Å². The van der Waals surface area contributed by atoms with Crippen molar-refractivity contribution in [3.8, 4) is 5.75 Å². The van der Waals surface area contributed by atoms with Gasteiger partial charge in [0.1, 0.15) is 5.75 Å². The van der Waals surface area contributed by atoms with Gasteiger partial charge in [0.05, 0.1) is 10.6 Å². The lowest BCUT2D eigenvalue weighted by molar-refractivity contribution is 0.182. The number of phenols is 1. The summed E-state index contributed by atoms with van der Waals surface area (Å²) in [6.45, 7) is 3.92. The van der Waals surface area contributed by atoms with Gasteiger partial charge in [-0.05, 0) is 47.0 Å². The summed E-state index contributed by atoms with van der Waals surface area (Å²) >= 11 is 3.28. The van der Waals surface area contributed by atoms with E-state index < -0.39 is 6.10 Å². The van der Waals surface area contributed by atoms with Gasteiger partial charge in [0.25, 0.3) is 0 Å². The van der Waals surface area contributed by atoms with E-state index in [2.05, 4.69) is 15.9 Å². The first kappa shape index (κ1) is 11.5. The molecule has 1 atom stereocenters. The van der Waals surface area contributed by atoms with Gasteiger partial charge in [-0.3, -0.25) is 0 Å². The highest BCUT2D eigenvalue weighted by Crippen LogP contribution is 2.36. The molecule has 0 aliphatic rings. The molecule has 0 aliphatic heterocycles. The highest BCUT2D eigenvalue weighted by atomic mass is 79.9. The number of phenolic OH excluding ortho intramolecular Hbond substituents is 1. The third kappa shape index (κ3) is 1.92. The molecule has 78 valence electrons. The molecular weight excluding hydrogens is 246 g/mol. The second-order valence-electron chi connectivity index (χ2n) is 3.32. The molecule has 0 saturated heterocycles.